The van der Waals surface area contributed by atoms with Crippen LogP contribution in [0.15, 0.2) is 24.3 Å². The number of aryl methyl sites for hydroxylation is 1. The van der Waals surface area contributed by atoms with Crippen molar-refractivity contribution in [1.29, 1.82) is 0 Å². The van der Waals surface area contributed by atoms with Crippen molar-refractivity contribution in [2.75, 3.05) is 0 Å². The van der Waals surface area contributed by atoms with Crippen LogP contribution in [0.4, 0.5) is 0 Å². The molecule has 4 heteroatoms. The lowest BCUT2D eigenvalue weighted by molar-refractivity contribution is 0.714. The van der Waals surface area contributed by atoms with Crippen LogP contribution in [0.5, 0.6) is 0 Å². The van der Waals surface area contributed by atoms with Crippen molar-refractivity contribution in [3.05, 3.63) is 36.8 Å². The molecule has 4 nitrogen and oxygen atoms in total. The minimum Gasteiger partial charge on any atom is -0.229 e. The van der Waals surface area contributed by atoms with Gasteiger partial charge in [0.1, 0.15) is 0 Å². The zero-order chi connectivity index (χ0) is 9.26. The van der Waals surface area contributed by atoms with E-state index >= 15 is 0 Å². The highest BCUT2D eigenvalue weighted by Gasteiger charge is 2.06. The fourth-order valence-electron chi connectivity index (χ4n) is 1.20. The monoisotopic (exact) mass is 173 g/mol. The first-order chi connectivity index (χ1) is 6.29. The predicted octanol–water partition coefficient (Wildman–Crippen LogP) is 1.06. The molecule has 0 fully saturated rings. The van der Waals surface area contributed by atoms with Crippen LogP contribution >= 0.6 is 0 Å². The second kappa shape index (κ2) is 2.97. The van der Waals surface area contributed by atoms with Crippen LogP contribution in [-0.2, 0) is 7.05 Å². The summed E-state index contributed by atoms with van der Waals surface area (Å²) >= 11 is 0. The van der Waals surface area contributed by atoms with Crippen molar-refractivity contribution in [2.45, 2.75) is 0 Å². The lowest BCUT2D eigenvalue weighted by Crippen LogP contribution is -1.95. The van der Waals surface area contributed by atoms with Crippen molar-refractivity contribution < 1.29 is 0 Å². The van der Waals surface area contributed by atoms with Gasteiger partial charge in [0, 0.05) is 12.6 Å². The largest absolute Gasteiger partial charge is 0.229 e. The van der Waals surface area contributed by atoms with Crippen LogP contribution in [0.2, 0.25) is 0 Å². The van der Waals surface area contributed by atoms with Gasteiger partial charge in [-0.15, -0.1) is 5.10 Å². The lowest BCUT2D eigenvalue weighted by atomic mass is 10.1. The molecule has 65 valence electrons. The second-order valence-corrected chi connectivity index (χ2v) is 2.78. The Labute approximate surface area is 76.2 Å². The summed E-state index contributed by atoms with van der Waals surface area (Å²) in [5, 5.41) is 11.2. The molecule has 2 rings (SSSR count). The summed E-state index contributed by atoms with van der Waals surface area (Å²) in [6.07, 6.45) is 0. The first-order valence-electron chi connectivity index (χ1n) is 3.93. The number of hydrogen-bond donors (Lipinski definition) is 0. The van der Waals surface area contributed by atoms with Gasteiger partial charge in [0.05, 0.1) is 0 Å². The Bertz CT molecular complexity index is 419. The summed E-state index contributed by atoms with van der Waals surface area (Å²) in [5.74, 6) is 0.741. The van der Waals surface area contributed by atoms with Gasteiger partial charge >= 0.3 is 0 Å². The van der Waals surface area contributed by atoms with Gasteiger partial charge in [-0.25, -0.2) is 4.68 Å². The smallest absolute Gasteiger partial charge is 0.182 e. The van der Waals surface area contributed by atoms with Gasteiger partial charge in [-0.1, -0.05) is 24.3 Å². The number of benzene rings is 1. The Balaban J connectivity index is 2.59. The molecule has 1 aromatic carbocycles. The van der Waals surface area contributed by atoms with Gasteiger partial charge in [0.25, 0.3) is 0 Å². The second-order valence-electron chi connectivity index (χ2n) is 2.78. The van der Waals surface area contributed by atoms with E-state index in [0.717, 1.165) is 17.0 Å². The highest BCUT2D eigenvalue weighted by molar-refractivity contribution is 5.60. The third-order valence-corrected chi connectivity index (χ3v) is 1.88. The van der Waals surface area contributed by atoms with Crippen molar-refractivity contribution in [1.82, 2.24) is 20.2 Å². The molecule has 0 bridgehead atoms. The van der Waals surface area contributed by atoms with E-state index in [1.54, 1.807) is 4.68 Å². The van der Waals surface area contributed by atoms with Crippen molar-refractivity contribution >= 4 is 0 Å². The summed E-state index contributed by atoms with van der Waals surface area (Å²) in [7, 11) is 1.81. The molecule has 2 aromatic rings. The van der Waals surface area contributed by atoms with E-state index in [1.165, 1.54) is 0 Å². The van der Waals surface area contributed by atoms with Crippen LogP contribution in [0.1, 0.15) is 5.56 Å². The molecule has 0 saturated heterocycles. The van der Waals surface area contributed by atoms with E-state index in [-0.39, 0.29) is 0 Å². The quantitative estimate of drug-likeness (QED) is 0.647. The Morgan fingerprint density at radius 1 is 1.31 bits per heavy atom. The summed E-state index contributed by atoms with van der Waals surface area (Å²) in [5.41, 5.74) is 1.90. The Hall–Kier alpha value is -1.71. The van der Waals surface area contributed by atoms with Gasteiger partial charge in [-0.2, -0.15) is 0 Å². The average molecular weight is 173 g/mol. The number of tetrazole rings is 1. The maximum absolute atomic E-state index is 3.91. The van der Waals surface area contributed by atoms with Gasteiger partial charge in [0.15, 0.2) is 5.82 Å². The summed E-state index contributed by atoms with van der Waals surface area (Å²) in [6, 6.07) is 7.77. The third-order valence-electron chi connectivity index (χ3n) is 1.88. The molecule has 0 N–H and O–H groups in total. The SMILES string of the molecule is [CH2]c1ccccc1-c1nnnn1C. The fourth-order valence-corrected chi connectivity index (χ4v) is 1.20. The molecule has 0 atom stereocenters. The molecule has 1 radical (unpaired) electrons. The summed E-state index contributed by atoms with van der Waals surface area (Å²) < 4.78 is 1.63. The van der Waals surface area contributed by atoms with Crippen LogP contribution in [0.25, 0.3) is 11.4 Å². The fraction of sp³-hybridized carbons (Fsp3) is 0.111. The van der Waals surface area contributed by atoms with Crippen molar-refractivity contribution in [2.24, 2.45) is 7.05 Å². The maximum Gasteiger partial charge on any atom is 0.182 e. The first-order valence-corrected chi connectivity index (χ1v) is 3.93. The molecule has 13 heavy (non-hydrogen) atoms. The molecule has 0 amide bonds. The summed E-state index contributed by atoms with van der Waals surface area (Å²) in [4.78, 5) is 0. The van der Waals surface area contributed by atoms with Gasteiger partial charge < -0.3 is 0 Å². The Morgan fingerprint density at radius 3 is 2.69 bits per heavy atom. The molecular weight excluding hydrogens is 164 g/mol. The molecular formula is C9H9N4. The molecule has 0 aliphatic rings. The molecule has 1 heterocycles. The number of hydrogen-bond acceptors (Lipinski definition) is 3. The predicted molar refractivity (Wildman–Crippen MR) is 48.7 cm³/mol. The first kappa shape index (κ1) is 7.91. The van der Waals surface area contributed by atoms with E-state index in [4.69, 9.17) is 0 Å². The highest BCUT2D eigenvalue weighted by atomic mass is 15.5. The van der Waals surface area contributed by atoms with E-state index in [2.05, 4.69) is 22.4 Å². The van der Waals surface area contributed by atoms with E-state index < -0.39 is 0 Å². The normalized spacial score (nSPS) is 10.3. The standard InChI is InChI=1S/C9H9N4/c1-7-5-3-4-6-8(7)9-10-11-12-13(9)2/h3-6H,1H2,2H3. The zero-order valence-electron chi connectivity index (χ0n) is 7.31. The molecule has 0 saturated carbocycles. The molecule has 0 aliphatic carbocycles. The maximum atomic E-state index is 3.91. The van der Waals surface area contributed by atoms with E-state index in [1.807, 2.05) is 31.3 Å². The zero-order valence-corrected chi connectivity index (χ0v) is 7.31. The van der Waals surface area contributed by atoms with Crippen molar-refractivity contribution in [3.8, 4) is 11.4 Å². The minimum atomic E-state index is 0.741. The number of rotatable bonds is 1. The molecule has 0 unspecified atom stereocenters. The molecule has 0 aliphatic heterocycles. The Morgan fingerprint density at radius 2 is 2.08 bits per heavy atom. The van der Waals surface area contributed by atoms with Crippen LogP contribution in [-0.4, -0.2) is 20.2 Å². The number of aromatic nitrogens is 4. The van der Waals surface area contributed by atoms with Gasteiger partial charge in [0.2, 0.25) is 0 Å². The van der Waals surface area contributed by atoms with Crippen molar-refractivity contribution in [3.63, 3.8) is 0 Å². The third kappa shape index (κ3) is 1.30. The van der Waals surface area contributed by atoms with Crippen LogP contribution in [0, 0.1) is 6.92 Å². The lowest BCUT2D eigenvalue weighted by Gasteiger charge is -2.01. The molecule has 1 aromatic heterocycles. The van der Waals surface area contributed by atoms with Gasteiger partial charge in [-0.3, -0.25) is 0 Å². The molecule has 0 spiro atoms. The van der Waals surface area contributed by atoms with E-state index in [9.17, 15) is 0 Å². The number of nitrogens with zero attached hydrogens (tertiary/aromatic N) is 4. The minimum absolute atomic E-state index is 0.741. The average Bonchev–Trinajstić information content (AvgIpc) is 2.52. The van der Waals surface area contributed by atoms with Gasteiger partial charge in [-0.05, 0) is 22.9 Å². The topological polar surface area (TPSA) is 43.6 Å². The van der Waals surface area contributed by atoms with E-state index in [0.29, 0.717) is 0 Å². The van der Waals surface area contributed by atoms with Crippen LogP contribution < -0.4 is 0 Å². The Kier molecular flexibility index (Phi) is 1.81. The summed E-state index contributed by atoms with van der Waals surface area (Å²) in [6.45, 7) is 3.91. The highest BCUT2D eigenvalue weighted by Crippen LogP contribution is 2.18. The van der Waals surface area contributed by atoms with Crippen LogP contribution in [0.3, 0.4) is 0 Å².